The highest BCUT2D eigenvalue weighted by Gasteiger charge is 2.18. The molecule has 0 saturated carbocycles. The molecule has 24 heavy (non-hydrogen) atoms. The second kappa shape index (κ2) is 9.14. The van der Waals surface area contributed by atoms with Gasteiger partial charge in [0.05, 0.1) is 6.61 Å². The number of carbonyl (C=O) groups is 1. The van der Waals surface area contributed by atoms with Crippen molar-refractivity contribution in [3.05, 3.63) is 59.9 Å². The average molecular weight is 348 g/mol. The summed E-state index contributed by atoms with van der Waals surface area (Å²) < 4.78 is 23.2. The van der Waals surface area contributed by atoms with Gasteiger partial charge in [0, 0.05) is 18.9 Å². The zero-order chi connectivity index (χ0) is 17.4. The van der Waals surface area contributed by atoms with E-state index in [4.69, 9.17) is 8.92 Å². The van der Waals surface area contributed by atoms with Gasteiger partial charge in [0.2, 0.25) is 0 Å². The lowest BCUT2D eigenvalue weighted by Gasteiger charge is -2.15. The molecule has 2 aromatic rings. The Morgan fingerprint density at radius 3 is 2.79 bits per heavy atom. The number of hydrogen-bond donors (Lipinski definition) is 0. The molecule has 0 radical (unpaired) electrons. The van der Waals surface area contributed by atoms with Crippen LogP contribution in [0.5, 0.6) is 5.75 Å². The van der Waals surface area contributed by atoms with Crippen molar-refractivity contribution in [2.75, 3.05) is 13.7 Å². The van der Waals surface area contributed by atoms with E-state index in [9.17, 15) is 9.00 Å². The van der Waals surface area contributed by atoms with E-state index in [1.807, 2.05) is 31.2 Å². The molecule has 0 N–H and O–H groups in total. The van der Waals surface area contributed by atoms with Gasteiger partial charge in [-0.3, -0.25) is 9.17 Å². The van der Waals surface area contributed by atoms with Gasteiger partial charge >= 0.3 is 6.09 Å². The SMILES string of the molecule is Cc1cccc(OC(=O)N(C)S(=O)OCCCc2ccccn2)c1. The summed E-state index contributed by atoms with van der Waals surface area (Å²) in [6, 6.07) is 12.7. The van der Waals surface area contributed by atoms with Gasteiger partial charge in [0.15, 0.2) is 0 Å². The van der Waals surface area contributed by atoms with E-state index in [0.29, 0.717) is 12.2 Å². The van der Waals surface area contributed by atoms with Gasteiger partial charge < -0.3 is 4.74 Å². The molecule has 1 aromatic carbocycles. The molecule has 0 spiro atoms. The normalized spacial score (nSPS) is 11.8. The van der Waals surface area contributed by atoms with Crippen LogP contribution in [0.3, 0.4) is 0 Å². The molecule has 0 aliphatic rings. The number of ether oxygens (including phenoxy) is 1. The van der Waals surface area contributed by atoms with Crippen LogP contribution in [0, 0.1) is 6.92 Å². The first-order chi connectivity index (χ1) is 11.6. The molecule has 1 atom stereocenters. The van der Waals surface area contributed by atoms with Crippen molar-refractivity contribution in [2.45, 2.75) is 19.8 Å². The molecule has 0 aliphatic heterocycles. The predicted octanol–water partition coefficient (Wildman–Crippen LogP) is 3.05. The van der Waals surface area contributed by atoms with Crippen molar-refractivity contribution in [1.82, 2.24) is 9.29 Å². The quantitative estimate of drug-likeness (QED) is 0.719. The second-order valence-corrected chi connectivity index (χ2v) is 6.36. The Hall–Kier alpha value is -2.25. The number of pyridine rings is 1. The molecule has 0 aliphatic carbocycles. The first-order valence-corrected chi connectivity index (χ1v) is 8.56. The molecule has 0 fully saturated rings. The minimum Gasteiger partial charge on any atom is -0.409 e. The van der Waals surface area contributed by atoms with Gasteiger partial charge in [-0.05, 0) is 49.6 Å². The van der Waals surface area contributed by atoms with Crippen molar-refractivity contribution in [2.24, 2.45) is 0 Å². The molecular weight excluding hydrogens is 328 g/mol. The maximum absolute atomic E-state index is 12.0. The monoisotopic (exact) mass is 348 g/mol. The predicted molar refractivity (Wildman–Crippen MR) is 91.6 cm³/mol. The Kier molecular flexibility index (Phi) is 6.89. The maximum atomic E-state index is 12.0. The third kappa shape index (κ3) is 5.75. The van der Waals surface area contributed by atoms with E-state index in [1.165, 1.54) is 7.05 Å². The lowest BCUT2D eigenvalue weighted by atomic mass is 10.2. The molecule has 1 aromatic heterocycles. The van der Waals surface area contributed by atoms with Gasteiger partial charge in [-0.1, -0.05) is 18.2 Å². The van der Waals surface area contributed by atoms with Crippen molar-refractivity contribution in [1.29, 1.82) is 0 Å². The molecule has 7 heteroatoms. The van der Waals surface area contributed by atoms with E-state index in [0.717, 1.165) is 22.0 Å². The van der Waals surface area contributed by atoms with Crippen LogP contribution in [0.15, 0.2) is 48.7 Å². The van der Waals surface area contributed by atoms with E-state index in [2.05, 4.69) is 4.98 Å². The summed E-state index contributed by atoms with van der Waals surface area (Å²) in [5.41, 5.74) is 1.91. The highest BCUT2D eigenvalue weighted by molar-refractivity contribution is 7.78. The van der Waals surface area contributed by atoms with Crippen molar-refractivity contribution >= 4 is 17.4 Å². The first-order valence-electron chi connectivity index (χ1n) is 7.53. The smallest absolute Gasteiger partial charge is 0.409 e. The number of carbonyl (C=O) groups excluding carboxylic acids is 1. The molecule has 2 rings (SSSR count). The Morgan fingerprint density at radius 2 is 2.08 bits per heavy atom. The minimum absolute atomic E-state index is 0.255. The highest BCUT2D eigenvalue weighted by atomic mass is 32.2. The number of rotatable bonds is 7. The summed E-state index contributed by atoms with van der Waals surface area (Å²) in [5, 5.41) is 0. The minimum atomic E-state index is -1.89. The van der Waals surface area contributed by atoms with Crippen molar-refractivity contribution in [3.8, 4) is 5.75 Å². The Bertz CT molecular complexity index is 694. The first kappa shape index (κ1) is 18.1. The van der Waals surface area contributed by atoms with E-state index < -0.39 is 17.4 Å². The summed E-state index contributed by atoms with van der Waals surface area (Å²) in [6.07, 6.45) is 2.37. The summed E-state index contributed by atoms with van der Waals surface area (Å²) in [6.45, 7) is 2.15. The molecule has 0 saturated heterocycles. The van der Waals surface area contributed by atoms with Gasteiger partial charge in [0.25, 0.3) is 11.3 Å². The maximum Gasteiger partial charge on any atom is 0.428 e. The van der Waals surface area contributed by atoms with Crippen LogP contribution in [-0.2, 0) is 21.9 Å². The van der Waals surface area contributed by atoms with Crippen LogP contribution in [0.25, 0.3) is 0 Å². The van der Waals surface area contributed by atoms with E-state index >= 15 is 0 Å². The molecule has 0 bridgehead atoms. The van der Waals surface area contributed by atoms with E-state index in [1.54, 1.807) is 24.4 Å². The summed E-state index contributed by atoms with van der Waals surface area (Å²) in [7, 11) is 1.37. The standard InChI is InChI=1S/C17H20N2O4S/c1-14-7-5-10-16(13-14)23-17(20)19(2)24(21)22-12-6-9-15-8-3-4-11-18-15/h3-5,7-8,10-11,13H,6,9,12H2,1-2H3. The van der Waals surface area contributed by atoms with Crippen LogP contribution < -0.4 is 4.74 Å². The fourth-order valence-corrected chi connectivity index (χ4v) is 2.49. The van der Waals surface area contributed by atoms with Gasteiger partial charge in [0.1, 0.15) is 5.75 Å². The molecule has 1 amide bonds. The fourth-order valence-electron chi connectivity index (χ4n) is 1.91. The van der Waals surface area contributed by atoms with Gasteiger partial charge in [-0.2, -0.15) is 0 Å². The fraction of sp³-hybridized carbons (Fsp3) is 0.294. The molecule has 6 nitrogen and oxygen atoms in total. The third-order valence-corrected chi connectivity index (χ3v) is 4.13. The number of nitrogens with zero attached hydrogens (tertiary/aromatic N) is 2. The van der Waals surface area contributed by atoms with Crippen molar-refractivity contribution < 1.29 is 17.9 Å². The Morgan fingerprint density at radius 1 is 1.25 bits per heavy atom. The van der Waals surface area contributed by atoms with Crippen LogP contribution in [0.4, 0.5) is 4.79 Å². The Balaban J connectivity index is 1.74. The molecule has 1 heterocycles. The topological polar surface area (TPSA) is 68.7 Å². The van der Waals surface area contributed by atoms with Crippen LogP contribution in [0.1, 0.15) is 17.7 Å². The Labute approximate surface area is 144 Å². The lowest BCUT2D eigenvalue weighted by molar-refractivity contribution is 0.181. The highest BCUT2D eigenvalue weighted by Crippen LogP contribution is 2.14. The zero-order valence-corrected chi connectivity index (χ0v) is 14.5. The second-order valence-electron chi connectivity index (χ2n) is 5.15. The molecule has 128 valence electrons. The van der Waals surface area contributed by atoms with Crippen LogP contribution in [-0.4, -0.2) is 33.2 Å². The number of aryl methyl sites for hydroxylation is 2. The number of aromatic nitrogens is 1. The largest absolute Gasteiger partial charge is 0.428 e. The average Bonchev–Trinajstić information content (AvgIpc) is 2.58. The lowest BCUT2D eigenvalue weighted by Crippen LogP contribution is -2.32. The van der Waals surface area contributed by atoms with E-state index in [-0.39, 0.29) is 6.61 Å². The molecule has 1 unspecified atom stereocenters. The third-order valence-electron chi connectivity index (χ3n) is 3.16. The summed E-state index contributed by atoms with van der Waals surface area (Å²) >= 11 is -1.89. The number of hydrogen-bond acceptors (Lipinski definition) is 5. The van der Waals surface area contributed by atoms with Gasteiger partial charge in [-0.15, -0.1) is 0 Å². The summed E-state index contributed by atoms with van der Waals surface area (Å²) in [5.74, 6) is 0.402. The number of amides is 1. The molecular formula is C17H20N2O4S. The zero-order valence-electron chi connectivity index (χ0n) is 13.7. The van der Waals surface area contributed by atoms with Gasteiger partial charge in [-0.25, -0.2) is 13.3 Å². The van der Waals surface area contributed by atoms with Crippen LogP contribution in [0.2, 0.25) is 0 Å². The summed E-state index contributed by atoms with van der Waals surface area (Å²) in [4.78, 5) is 16.1. The number of benzene rings is 1. The van der Waals surface area contributed by atoms with Crippen molar-refractivity contribution in [3.63, 3.8) is 0 Å². The van der Waals surface area contributed by atoms with Crippen LogP contribution >= 0.6 is 0 Å².